The third-order valence-corrected chi connectivity index (χ3v) is 6.51. The minimum Gasteiger partial charge on any atom is -0.476 e. The van der Waals surface area contributed by atoms with Gasteiger partial charge in [0.15, 0.2) is 0 Å². The number of hydrazone groups is 1. The van der Waals surface area contributed by atoms with Gasteiger partial charge in [0.25, 0.3) is 0 Å². The van der Waals surface area contributed by atoms with Crippen molar-refractivity contribution >= 4 is 39.3 Å². The standard InChI is InChI=1S/C23H28N6O3S/c1-2-4-21-19(3-1)20(27-33-21)17-24-26-18-15-22(29-8-12-31-13-9-29)25-23(16-18)32-14-7-28-5-10-30-11-6-28/h1-4,15-17H,5-14H2,(H,25,26)/b24-17+. The van der Waals surface area contributed by atoms with E-state index in [0.29, 0.717) is 25.7 Å². The zero-order valence-electron chi connectivity index (χ0n) is 18.5. The molecule has 0 bridgehead atoms. The molecule has 1 aromatic carbocycles. The Kier molecular flexibility index (Phi) is 7.27. The van der Waals surface area contributed by atoms with E-state index < -0.39 is 0 Å². The fourth-order valence-electron chi connectivity index (χ4n) is 3.85. The van der Waals surface area contributed by atoms with E-state index in [1.54, 1.807) is 6.21 Å². The van der Waals surface area contributed by atoms with E-state index >= 15 is 0 Å². The van der Waals surface area contributed by atoms with E-state index in [2.05, 4.69) is 36.8 Å². The normalized spacial score (nSPS) is 17.6. The van der Waals surface area contributed by atoms with Crippen molar-refractivity contribution in [1.29, 1.82) is 0 Å². The maximum absolute atomic E-state index is 6.04. The molecule has 33 heavy (non-hydrogen) atoms. The fourth-order valence-corrected chi connectivity index (χ4v) is 4.61. The van der Waals surface area contributed by atoms with Crippen molar-refractivity contribution in [3.05, 3.63) is 42.1 Å². The number of benzene rings is 1. The molecule has 0 amide bonds. The number of pyridine rings is 1. The lowest BCUT2D eigenvalue weighted by Gasteiger charge is -2.28. The van der Waals surface area contributed by atoms with Crippen molar-refractivity contribution in [1.82, 2.24) is 14.3 Å². The quantitative estimate of drug-likeness (QED) is 0.399. The van der Waals surface area contributed by atoms with Gasteiger partial charge in [-0.05, 0) is 17.6 Å². The number of rotatable bonds is 8. The lowest BCUT2D eigenvalue weighted by atomic mass is 10.2. The second-order valence-corrected chi connectivity index (χ2v) is 8.69. The predicted octanol–water partition coefficient (Wildman–Crippen LogP) is 2.68. The topological polar surface area (TPSA) is 84.3 Å². The van der Waals surface area contributed by atoms with Crippen LogP contribution in [0.25, 0.3) is 10.1 Å². The molecule has 0 saturated carbocycles. The molecule has 2 fully saturated rings. The molecule has 174 valence electrons. The van der Waals surface area contributed by atoms with Crippen LogP contribution in [-0.2, 0) is 9.47 Å². The summed E-state index contributed by atoms with van der Waals surface area (Å²) in [6, 6.07) is 12.0. The third-order valence-electron chi connectivity index (χ3n) is 5.67. The number of anilines is 2. The summed E-state index contributed by atoms with van der Waals surface area (Å²) in [7, 11) is 0. The van der Waals surface area contributed by atoms with Gasteiger partial charge in [-0.25, -0.2) is 0 Å². The first-order valence-electron chi connectivity index (χ1n) is 11.3. The van der Waals surface area contributed by atoms with E-state index in [-0.39, 0.29) is 0 Å². The molecule has 2 aromatic heterocycles. The molecule has 0 radical (unpaired) electrons. The molecule has 2 aliphatic heterocycles. The molecule has 9 nitrogen and oxygen atoms in total. The first-order valence-corrected chi connectivity index (χ1v) is 12.0. The van der Waals surface area contributed by atoms with Crippen LogP contribution in [0.3, 0.4) is 0 Å². The Morgan fingerprint density at radius 3 is 2.70 bits per heavy atom. The van der Waals surface area contributed by atoms with Crippen molar-refractivity contribution < 1.29 is 14.2 Å². The van der Waals surface area contributed by atoms with Gasteiger partial charge in [0, 0.05) is 50.2 Å². The second-order valence-electron chi connectivity index (χ2n) is 7.89. The van der Waals surface area contributed by atoms with Crippen LogP contribution in [0.2, 0.25) is 0 Å². The molecule has 0 aliphatic carbocycles. The molecule has 2 aliphatic rings. The molecule has 2 saturated heterocycles. The molecule has 0 spiro atoms. The highest BCUT2D eigenvalue weighted by atomic mass is 32.1. The van der Waals surface area contributed by atoms with Crippen LogP contribution in [0, 0.1) is 0 Å². The minimum atomic E-state index is 0.576. The van der Waals surface area contributed by atoms with Crippen molar-refractivity contribution in [3.8, 4) is 5.88 Å². The monoisotopic (exact) mass is 468 g/mol. The summed E-state index contributed by atoms with van der Waals surface area (Å²) in [6.07, 6.45) is 1.76. The molecule has 5 rings (SSSR count). The Bertz CT molecular complexity index is 1080. The largest absolute Gasteiger partial charge is 0.476 e. The van der Waals surface area contributed by atoms with E-state index in [9.17, 15) is 0 Å². The van der Waals surface area contributed by atoms with Crippen LogP contribution in [0.1, 0.15) is 5.69 Å². The van der Waals surface area contributed by atoms with Gasteiger partial charge < -0.3 is 19.1 Å². The van der Waals surface area contributed by atoms with Gasteiger partial charge in [0.05, 0.1) is 43.0 Å². The number of nitrogens with one attached hydrogen (secondary N) is 1. The number of hydrogen-bond acceptors (Lipinski definition) is 10. The summed E-state index contributed by atoms with van der Waals surface area (Å²) in [6.45, 7) is 7.88. The van der Waals surface area contributed by atoms with E-state index in [1.165, 1.54) is 11.5 Å². The van der Waals surface area contributed by atoms with Crippen LogP contribution in [-0.4, -0.2) is 86.2 Å². The average Bonchev–Trinajstić information content (AvgIpc) is 3.28. The molecule has 0 unspecified atom stereocenters. The molecule has 10 heteroatoms. The zero-order valence-corrected chi connectivity index (χ0v) is 19.3. The zero-order chi connectivity index (χ0) is 22.3. The van der Waals surface area contributed by atoms with Crippen LogP contribution >= 0.6 is 11.5 Å². The first-order chi connectivity index (χ1) is 16.3. The Hall–Kier alpha value is -2.79. The Labute approximate surface area is 197 Å². The molecular formula is C23H28N6O3S. The van der Waals surface area contributed by atoms with E-state index in [0.717, 1.165) is 73.2 Å². The SMILES string of the molecule is C(=N\Nc1cc(OCCN2CCOCC2)nc(N2CCOCC2)c1)/c1nsc2ccccc12. The van der Waals surface area contributed by atoms with Gasteiger partial charge in [-0.3, -0.25) is 10.3 Å². The molecular weight excluding hydrogens is 440 g/mol. The smallest absolute Gasteiger partial charge is 0.217 e. The maximum Gasteiger partial charge on any atom is 0.217 e. The number of aromatic nitrogens is 2. The highest BCUT2D eigenvalue weighted by Gasteiger charge is 2.15. The summed E-state index contributed by atoms with van der Waals surface area (Å²) in [5.74, 6) is 1.45. The summed E-state index contributed by atoms with van der Waals surface area (Å²) in [5.41, 5.74) is 4.81. The van der Waals surface area contributed by atoms with Gasteiger partial charge in [-0.2, -0.15) is 14.5 Å². The van der Waals surface area contributed by atoms with Crippen molar-refractivity contribution in [3.63, 3.8) is 0 Å². The number of nitrogens with zero attached hydrogens (tertiary/aromatic N) is 5. The van der Waals surface area contributed by atoms with Crippen LogP contribution in [0.5, 0.6) is 5.88 Å². The second kappa shape index (κ2) is 10.9. The van der Waals surface area contributed by atoms with Gasteiger partial charge in [-0.1, -0.05) is 18.2 Å². The van der Waals surface area contributed by atoms with Gasteiger partial charge in [0.2, 0.25) is 5.88 Å². The summed E-state index contributed by atoms with van der Waals surface area (Å²) >= 11 is 1.48. The highest BCUT2D eigenvalue weighted by molar-refractivity contribution is 7.13. The highest BCUT2D eigenvalue weighted by Crippen LogP contribution is 2.25. The minimum absolute atomic E-state index is 0.576. The Morgan fingerprint density at radius 2 is 1.85 bits per heavy atom. The average molecular weight is 469 g/mol. The maximum atomic E-state index is 6.04. The van der Waals surface area contributed by atoms with Crippen LogP contribution in [0.15, 0.2) is 41.5 Å². The lowest BCUT2D eigenvalue weighted by Crippen LogP contribution is -2.38. The summed E-state index contributed by atoms with van der Waals surface area (Å²) in [5, 5.41) is 5.54. The number of hydrogen-bond donors (Lipinski definition) is 1. The first kappa shape index (κ1) is 22.0. The van der Waals surface area contributed by atoms with Crippen molar-refractivity contribution in [2.75, 3.05) is 76.1 Å². The summed E-state index contributed by atoms with van der Waals surface area (Å²) < 4.78 is 22.6. The van der Waals surface area contributed by atoms with E-state index in [1.807, 2.05) is 24.3 Å². The molecule has 0 atom stereocenters. The Balaban J connectivity index is 1.28. The lowest BCUT2D eigenvalue weighted by molar-refractivity contribution is 0.0320. The molecule has 3 aromatic rings. The van der Waals surface area contributed by atoms with Gasteiger partial charge in [0.1, 0.15) is 18.1 Å². The molecule has 1 N–H and O–H groups in total. The number of morpholine rings is 2. The summed E-state index contributed by atoms with van der Waals surface area (Å²) in [4.78, 5) is 9.29. The third kappa shape index (κ3) is 5.77. The van der Waals surface area contributed by atoms with Gasteiger partial charge >= 0.3 is 0 Å². The van der Waals surface area contributed by atoms with Crippen LogP contribution in [0.4, 0.5) is 11.5 Å². The predicted molar refractivity (Wildman–Crippen MR) is 131 cm³/mol. The van der Waals surface area contributed by atoms with Crippen molar-refractivity contribution in [2.45, 2.75) is 0 Å². The fraction of sp³-hybridized carbons (Fsp3) is 0.435. The number of fused-ring (bicyclic) bond motifs is 1. The van der Waals surface area contributed by atoms with Crippen LogP contribution < -0.4 is 15.1 Å². The van der Waals surface area contributed by atoms with Crippen molar-refractivity contribution in [2.24, 2.45) is 5.10 Å². The van der Waals surface area contributed by atoms with Gasteiger partial charge in [-0.15, -0.1) is 0 Å². The number of ether oxygens (including phenoxy) is 3. The van der Waals surface area contributed by atoms with E-state index in [4.69, 9.17) is 19.2 Å². The molecule has 4 heterocycles. The Morgan fingerprint density at radius 1 is 1.06 bits per heavy atom.